The van der Waals surface area contributed by atoms with Gasteiger partial charge in [-0.25, -0.2) is 0 Å². The predicted octanol–water partition coefficient (Wildman–Crippen LogP) is 2.58. The normalized spacial score (nSPS) is 12.6. The first-order valence-corrected chi connectivity index (χ1v) is 5.97. The highest BCUT2D eigenvalue weighted by Gasteiger charge is 2.11. The summed E-state index contributed by atoms with van der Waals surface area (Å²) in [5.41, 5.74) is 2.46. The fourth-order valence-electron chi connectivity index (χ4n) is 1.86. The van der Waals surface area contributed by atoms with Crippen molar-refractivity contribution < 1.29 is 0 Å². The van der Waals surface area contributed by atoms with Gasteiger partial charge in [-0.3, -0.25) is 4.68 Å². The van der Waals surface area contributed by atoms with Gasteiger partial charge >= 0.3 is 0 Å². The summed E-state index contributed by atoms with van der Waals surface area (Å²) in [6.45, 7) is 0. The quantitative estimate of drug-likeness (QED) is 0.903. The number of nitrogens with zero attached hydrogens (tertiary/aromatic N) is 2. The van der Waals surface area contributed by atoms with Gasteiger partial charge in [0.25, 0.3) is 0 Å². The van der Waals surface area contributed by atoms with E-state index in [0.29, 0.717) is 0 Å². The van der Waals surface area contributed by atoms with Crippen LogP contribution in [-0.2, 0) is 13.5 Å². The maximum atomic E-state index is 5.87. The van der Waals surface area contributed by atoms with Gasteiger partial charge in [-0.2, -0.15) is 5.10 Å². The van der Waals surface area contributed by atoms with E-state index >= 15 is 0 Å². The molecule has 1 unspecified atom stereocenters. The van der Waals surface area contributed by atoms with Crippen LogP contribution in [0.3, 0.4) is 0 Å². The van der Waals surface area contributed by atoms with Crippen molar-refractivity contribution in [2.45, 2.75) is 12.5 Å². The largest absolute Gasteiger partial charge is 0.313 e. The summed E-state index contributed by atoms with van der Waals surface area (Å²) in [7, 11) is 3.89. The van der Waals surface area contributed by atoms with Crippen molar-refractivity contribution in [3.63, 3.8) is 0 Å². The van der Waals surface area contributed by atoms with Gasteiger partial charge < -0.3 is 5.32 Å². The average molecular weight is 250 g/mol. The van der Waals surface area contributed by atoms with Crippen LogP contribution in [0.15, 0.2) is 36.7 Å². The summed E-state index contributed by atoms with van der Waals surface area (Å²) in [6, 6.07) is 8.25. The van der Waals surface area contributed by atoms with E-state index in [1.165, 1.54) is 11.1 Å². The molecule has 2 rings (SSSR count). The maximum absolute atomic E-state index is 5.87. The summed E-state index contributed by atoms with van der Waals surface area (Å²) < 4.78 is 1.82. The van der Waals surface area contributed by atoms with Crippen molar-refractivity contribution in [3.05, 3.63) is 52.8 Å². The van der Waals surface area contributed by atoms with Gasteiger partial charge in [0.2, 0.25) is 0 Å². The molecule has 0 aliphatic rings. The van der Waals surface area contributed by atoms with Gasteiger partial charge in [0.15, 0.2) is 0 Å². The Bertz CT molecular complexity index is 476. The number of hydrogen-bond donors (Lipinski definition) is 1. The van der Waals surface area contributed by atoms with E-state index in [9.17, 15) is 0 Å². The van der Waals surface area contributed by atoms with E-state index in [0.717, 1.165) is 11.4 Å². The number of nitrogens with one attached hydrogen (secondary N) is 1. The molecule has 2 aromatic rings. The molecular weight excluding hydrogens is 234 g/mol. The van der Waals surface area contributed by atoms with Gasteiger partial charge in [0.1, 0.15) is 0 Å². The summed E-state index contributed by atoms with van der Waals surface area (Å²) >= 11 is 5.87. The average Bonchev–Trinajstić information content (AvgIpc) is 2.75. The molecule has 90 valence electrons. The molecule has 0 amide bonds. The number of aromatic nitrogens is 2. The lowest BCUT2D eigenvalue weighted by Gasteiger charge is -2.14. The highest BCUT2D eigenvalue weighted by molar-refractivity contribution is 6.30. The van der Waals surface area contributed by atoms with Crippen LogP contribution in [0.4, 0.5) is 0 Å². The summed E-state index contributed by atoms with van der Waals surface area (Å²) in [6.07, 6.45) is 4.87. The first kappa shape index (κ1) is 12.1. The molecule has 0 aliphatic carbocycles. The van der Waals surface area contributed by atoms with Gasteiger partial charge in [-0.1, -0.05) is 23.7 Å². The number of benzene rings is 1. The third-order valence-electron chi connectivity index (χ3n) is 2.83. The Morgan fingerprint density at radius 3 is 2.59 bits per heavy atom. The zero-order valence-corrected chi connectivity index (χ0v) is 10.8. The third-order valence-corrected chi connectivity index (χ3v) is 3.08. The number of halogens is 1. The predicted molar refractivity (Wildman–Crippen MR) is 70.2 cm³/mol. The summed E-state index contributed by atoms with van der Waals surface area (Å²) in [4.78, 5) is 0. The molecule has 17 heavy (non-hydrogen) atoms. The molecular formula is C13H16ClN3. The fraction of sp³-hybridized carbons (Fsp3) is 0.308. The standard InChI is InChI=1S/C13H16ClN3/c1-15-13(11-8-16-17(2)9-11)7-10-3-5-12(14)6-4-10/h3-6,8-9,13,15H,7H2,1-2H3. The molecule has 0 saturated carbocycles. The second-order valence-corrected chi connectivity index (χ2v) is 4.56. The van der Waals surface area contributed by atoms with Crippen LogP contribution >= 0.6 is 11.6 Å². The molecule has 0 radical (unpaired) electrons. The van der Waals surface area contributed by atoms with Gasteiger partial charge in [-0.15, -0.1) is 0 Å². The van der Waals surface area contributed by atoms with E-state index in [1.54, 1.807) is 0 Å². The number of aryl methyl sites for hydroxylation is 1. The highest BCUT2D eigenvalue weighted by atomic mass is 35.5. The fourth-order valence-corrected chi connectivity index (χ4v) is 1.99. The molecule has 0 aliphatic heterocycles. The molecule has 0 bridgehead atoms. The summed E-state index contributed by atoms with van der Waals surface area (Å²) in [5, 5.41) is 8.28. The molecule has 0 fully saturated rings. The van der Waals surface area contributed by atoms with Crippen molar-refractivity contribution >= 4 is 11.6 Å². The molecule has 1 heterocycles. The van der Waals surface area contributed by atoms with Crippen LogP contribution in [0.25, 0.3) is 0 Å². The SMILES string of the molecule is CNC(Cc1ccc(Cl)cc1)c1cnn(C)c1. The number of likely N-dealkylation sites (N-methyl/N-ethyl adjacent to an activating group) is 1. The Morgan fingerprint density at radius 1 is 1.35 bits per heavy atom. The van der Waals surface area contributed by atoms with Crippen LogP contribution in [0.1, 0.15) is 17.2 Å². The smallest absolute Gasteiger partial charge is 0.0537 e. The molecule has 1 aromatic heterocycles. The monoisotopic (exact) mass is 249 g/mol. The topological polar surface area (TPSA) is 29.9 Å². The molecule has 0 saturated heterocycles. The van der Waals surface area contributed by atoms with Crippen molar-refractivity contribution in [2.75, 3.05) is 7.05 Å². The van der Waals surface area contributed by atoms with Crippen LogP contribution in [0.2, 0.25) is 5.02 Å². The van der Waals surface area contributed by atoms with Gasteiger partial charge in [0, 0.05) is 29.9 Å². The Morgan fingerprint density at radius 2 is 2.06 bits per heavy atom. The molecule has 1 aromatic carbocycles. The zero-order chi connectivity index (χ0) is 12.3. The van der Waals surface area contributed by atoms with E-state index in [-0.39, 0.29) is 6.04 Å². The minimum atomic E-state index is 0.282. The first-order valence-electron chi connectivity index (χ1n) is 5.59. The molecule has 4 heteroatoms. The Hall–Kier alpha value is -1.32. The zero-order valence-electron chi connectivity index (χ0n) is 10.0. The van der Waals surface area contributed by atoms with Crippen molar-refractivity contribution in [2.24, 2.45) is 7.05 Å². The first-order chi connectivity index (χ1) is 8.19. The lowest BCUT2D eigenvalue weighted by atomic mass is 10.0. The van der Waals surface area contributed by atoms with Gasteiger partial charge in [0.05, 0.1) is 6.20 Å². The van der Waals surface area contributed by atoms with Crippen LogP contribution in [-0.4, -0.2) is 16.8 Å². The molecule has 1 atom stereocenters. The van der Waals surface area contributed by atoms with Crippen LogP contribution in [0.5, 0.6) is 0 Å². The molecule has 1 N–H and O–H groups in total. The van der Waals surface area contributed by atoms with E-state index in [1.807, 2.05) is 43.3 Å². The van der Waals surface area contributed by atoms with E-state index < -0.39 is 0 Å². The van der Waals surface area contributed by atoms with Crippen LogP contribution < -0.4 is 5.32 Å². The lowest BCUT2D eigenvalue weighted by Crippen LogP contribution is -2.18. The highest BCUT2D eigenvalue weighted by Crippen LogP contribution is 2.18. The summed E-state index contributed by atoms with van der Waals surface area (Å²) in [5.74, 6) is 0. The number of hydrogen-bond acceptors (Lipinski definition) is 2. The van der Waals surface area contributed by atoms with Gasteiger partial charge in [-0.05, 0) is 31.2 Å². The van der Waals surface area contributed by atoms with Crippen molar-refractivity contribution in [1.29, 1.82) is 0 Å². The Kier molecular flexibility index (Phi) is 3.82. The van der Waals surface area contributed by atoms with E-state index in [2.05, 4.69) is 22.5 Å². The minimum Gasteiger partial charge on any atom is -0.313 e. The van der Waals surface area contributed by atoms with E-state index in [4.69, 9.17) is 11.6 Å². The molecule has 0 spiro atoms. The third kappa shape index (κ3) is 3.08. The maximum Gasteiger partial charge on any atom is 0.0537 e. The Labute approximate surface area is 106 Å². The lowest BCUT2D eigenvalue weighted by molar-refractivity contribution is 0.591. The molecule has 3 nitrogen and oxygen atoms in total. The van der Waals surface area contributed by atoms with Crippen LogP contribution in [0, 0.1) is 0 Å². The second kappa shape index (κ2) is 5.34. The van der Waals surface area contributed by atoms with Crippen molar-refractivity contribution in [3.8, 4) is 0 Å². The number of rotatable bonds is 4. The van der Waals surface area contributed by atoms with Crippen molar-refractivity contribution in [1.82, 2.24) is 15.1 Å². The minimum absolute atomic E-state index is 0.282. The second-order valence-electron chi connectivity index (χ2n) is 4.12. The Balaban J connectivity index is 2.12.